The predicted octanol–water partition coefficient (Wildman–Crippen LogP) is 3.20. The average Bonchev–Trinajstić information content (AvgIpc) is 2.80. The number of amides is 1. The molecular weight excluding hydrogens is 248 g/mol. The lowest BCUT2D eigenvalue weighted by atomic mass is 10.0. The second kappa shape index (κ2) is 5.55. The number of pyridine rings is 1. The van der Waals surface area contributed by atoms with Gasteiger partial charge in [-0.2, -0.15) is 0 Å². The Bertz CT molecular complexity index is 451. The van der Waals surface area contributed by atoms with Gasteiger partial charge in [0.1, 0.15) is 0 Å². The zero-order valence-corrected chi connectivity index (χ0v) is 13.1. The standard InChI is InChI=1S/C17H26N2O/c1-16(2)14(17(16,3)4)15(20)19-11-6-5-8-13-9-7-10-18-12-13/h7,9-10,12,14H,5-6,8,11H2,1-4H3,(H,19,20). The third-order valence-corrected chi connectivity index (χ3v) is 5.20. The molecular formula is C17H26N2O. The summed E-state index contributed by atoms with van der Waals surface area (Å²) in [4.78, 5) is 16.3. The molecule has 0 radical (unpaired) electrons. The van der Waals surface area contributed by atoms with Crippen LogP contribution in [-0.4, -0.2) is 17.4 Å². The molecule has 1 aromatic heterocycles. The number of hydrogen-bond donors (Lipinski definition) is 1. The van der Waals surface area contributed by atoms with Crippen LogP contribution in [0.4, 0.5) is 0 Å². The number of aromatic nitrogens is 1. The van der Waals surface area contributed by atoms with Crippen molar-refractivity contribution in [2.75, 3.05) is 6.54 Å². The number of nitrogens with one attached hydrogen (secondary N) is 1. The van der Waals surface area contributed by atoms with E-state index in [9.17, 15) is 4.79 Å². The Labute approximate surface area is 122 Å². The van der Waals surface area contributed by atoms with Crippen LogP contribution in [0.2, 0.25) is 0 Å². The molecule has 1 N–H and O–H groups in total. The Morgan fingerprint density at radius 2 is 1.95 bits per heavy atom. The van der Waals surface area contributed by atoms with E-state index in [-0.39, 0.29) is 22.7 Å². The summed E-state index contributed by atoms with van der Waals surface area (Å²) in [6.45, 7) is 9.50. The minimum Gasteiger partial charge on any atom is -0.356 e. The van der Waals surface area contributed by atoms with Crippen molar-refractivity contribution in [3.05, 3.63) is 30.1 Å². The molecule has 1 aliphatic carbocycles. The maximum Gasteiger partial charge on any atom is 0.224 e. The fourth-order valence-electron chi connectivity index (χ4n) is 3.17. The Morgan fingerprint density at radius 3 is 2.50 bits per heavy atom. The van der Waals surface area contributed by atoms with Crippen LogP contribution in [0.25, 0.3) is 0 Å². The van der Waals surface area contributed by atoms with Crippen LogP contribution >= 0.6 is 0 Å². The highest BCUT2D eigenvalue weighted by atomic mass is 16.2. The maximum atomic E-state index is 12.1. The van der Waals surface area contributed by atoms with Crippen LogP contribution in [0, 0.1) is 16.7 Å². The molecule has 3 heteroatoms. The van der Waals surface area contributed by atoms with Crippen molar-refractivity contribution in [2.45, 2.75) is 47.0 Å². The van der Waals surface area contributed by atoms with E-state index in [1.54, 1.807) is 6.20 Å². The molecule has 3 nitrogen and oxygen atoms in total. The van der Waals surface area contributed by atoms with Gasteiger partial charge >= 0.3 is 0 Å². The van der Waals surface area contributed by atoms with Gasteiger partial charge in [0.2, 0.25) is 5.91 Å². The molecule has 1 aliphatic rings. The first-order valence-electron chi connectivity index (χ1n) is 7.54. The molecule has 0 bridgehead atoms. The molecule has 1 aromatic rings. The Balaban J connectivity index is 1.64. The fraction of sp³-hybridized carbons (Fsp3) is 0.647. The zero-order chi connectivity index (χ0) is 14.8. The number of aryl methyl sites for hydroxylation is 1. The van der Waals surface area contributed by atoms with Crippen molar-refractivity contribution in [3.8, 4) is 0 Å². The van der Waals surface area contributed by atoms with Gasteiger partial charge in [0, 0.05) is 24.9 Å². The van der Waals surface area contributed by atoms with Crippen molar-refractivity contribution in [1.82, 2.24) is 10.3 Å². The third kappa shape index (κ3) is 2.87. The lowest BCUT2D eigenvalue weighted by Gasteiger charge is -2.06. The molecule has 1 fully saturated rings. The first-order valence-corrected chi connectivity index (χ1v) is 7.54. The van der Waals surface area contributed by atoms with Gasteiger partial charge in [-0.1, -0.05) is 33.8 Å². The molecule has 0 saturated heterocycles. The Kier molecular flexibility index (Phi) is 4.17. The van der Waals surface area contributed by atoms with E-state index >= 15 is 0 Å². The number of hydrogen-bond acceptors (Lipinski definition) is 2. The van der Waals surface area contributed by atoms with E-state index in [1.807, 2.05) is 12.3 Å². The molecule has 2 rings (SSSR count). The van der Waals surface area contributed by atoms with Gasteiger partial charge in [-0.3, -0.25) is 9.78 Å². The number of nitrogens with zero attached hydrogens (tertiary/aromatic N) is 1. The van der Waals surface area contributed by atoms with Gasteiger partial charge < -0.3 is 5.32 Å². The number of unbranched alkanes of at least 4 members (excludes halogenated alkanes) is 1. The molecule has 110 valence electrons. The van der Waals surface area contributed by atoms with Gasteiger partial charge in [-0.05, 0) is 41.7 Å². The number of carbonyl (C=O) groups is 1. The molecule has 0 atom stereocenters. The highest BCUT2D eigenvalue weighted by Crippen LogP contribution is 2.68. The molecule has 20 heavy (non-hydrogen) atoms. The molecule has 1 heterocycles. The maximum absolute atomic E-state index is 12.1. The normalized spacial score (nSPS) is 19.6. The van der Waals surface area contributed by atoms with Crippen molar-refractivity contribution in [3.63, 3.8) is 0 Å². The molecule has 0 aromatic carbocycles. The van der Waals surface area contributed by atoms with Gasteiger partial charge in [-0.15, -0.1) is 0 Å². The monoisotopic (exact) mass is 274 g/mol. The van der Waals surface area contributed by atoms with Gasteiger partial charge in [0.25, 0.3) is 0 Å². The summed E-state index contributed by atoms with van der Waals surface area (Å²) < 4.78 is 0. The zero-order valence-electron chi connectivity index (χ0n) is 13.1. The first-order chi connectivity index (χ1) is 9.37. The van der Waals surface area contributed by atoms with E-state index in [2.05, 4.69) is 44.1 Å². The smallest absolute Gasteiger partial charge is 0.224 e. The third-order valence-electron chi connectivity index (χ3n) is 5.20. The van der Waals surface area contributed by atoms with Crippen LogP contribution in [0.15, 0.2) is 24.5 Å². The summed E-state index contributed by atoms with van der Waals surface area (Å²) in [5.74, 6) is 0.384. The Hall–Kier alpha value is -1.38. The first kappa shape index (κ1) is 15.0. The summed E-state index contributed by atoms with van der Waals surface area (Å²) in [5, 5.41) is 3.09. The van der Waals surface area contributed by atoms with Crippen molar-refractivity contribution in [1.29, 1.82) is 0 Å². The summed E-state index contributed by atoms with van der Waals surface area (Å²) >= 11 is 0. The lowest BCUT2D eigenvalue weighted by molar-refractivity contribution is -0.123. The topological polar surface area (TPSA) is 42.0 Å². The van der Waals surface area contributed by atoms with E-state index < -0.39 is 0 Å². The minimum atomic E-state index is 0.132. The van der Waals surface area contributed by atoms with Gasteiger partial charge in [0.15, 0.2) is 0 Å². The van der Waals surface area contributed by atoms with Crippen LogP contribution in [-0.2, 0) is 11.2 Å². The van der Waals surface area contributed by atoms with Crippen molar-refractivity contribution < 1.29 is 4.79 Å². The minimum absolute atomic E-state index is 0.132. The summed E-state index contributed by atoms with van der Waals surface area (Å²) in [6, 6.07) is 4.06. The molecule has 0 aliphatic heterocycles. The van der Waals surface area contributed by atoms with Crippen LogP contribution in [0.1, 0.15) is 46.1 Å². The molecule has 0 unspecified atom stereocenters. The van der Waals surface area contributed by atoms with Gasteiger partial charge in [0.05, 0.1) is 0 Å². The highest BCUT2D eigenvalue weighted by Gasteiger charge is 2.68. The molecule has 1 amide bonds. The second-order valence-electron chi connectivity index (χ2n) is 6.99. The van der Waals surface area contributed by atoms with Gasteiger partial charge in [-0.25, -0.2) is 0 Å². The van der Waals surface area contributed by atoms with Crippen molar-refractivity contribution in [2.24, 2.45) is 16.7 Å². The fourth-order valence-corrected chi connectivity index (χ4v) is 3.17. The SMILES string of the molecule is CC1(C)C(C(=O)NCCCCc2cccnc2)C1(C)C. The van der Waals surface area contributed by atoms with E-state index in [1.165, 1.54) is 5.56 Å². The average molecular weight is 274 g/mol. The largest absolute Gasteiger partial charge is 0.356 e. The Morgan fingerprint density at radius 1 is 1.25 bits per heavy atom. The van der Waals surface area contributed by atoms with Crippen LogP contribution in [0.3, 0.4) is 0 Å². The molecule has 1 saturated carbocycles. The van der Waals surface area contributed by atoms with Crippen molar-refractivity contribution >= 4 is 5.91 Å². The van der Waals surface area contributed by atoms with E-state index in [0.29, 0.717) is 0 Å². The second-order valence-corrected chi connectivity index (χ2v) is 6.99. The van der Waals surface area contributed by atoms with Crippen LogP contribution < -0.4 is 5.32 Å². The molecule has 0 spiro atoms. The number of rotatable bonds is 6. The highest BCUT2D eigenvalue weighted by molar-refractivity contribution is 5.84. The number of carbonyl (C=O) groups excluding carboxylic acids is 1. The summed E-state index contributed by atoms with van der Waals surface area (Å²) in [6.07, 6.45) is 6.85. The van der Waals surface area contributed by atoms with E-state index in [0.717, 1.165) is 25.8 Å². The lowest BCUT2D eigenvalue weighted by Crippen LogP contribution is -2.28. The quantitative estimate of drug-likeness (QED) is 0.809. The van der Waals surface area contributed by atoms with E-state index in [4.69, 9.17) is 0 Å². The van der Waals surface area contributed by atoms with Crippen LogP contribution in [0.5, 0.6) is 0 Å². The summed E-state index contributed by atoms with van der Waals surface area (Å²) in [7, 11) is 0. The predicted molar refractivity (Wildman–Crippen MR) is 81.2 cm³/mol. The summed E-state index contributed by atoms with van der Waals surface area (Å²) in [5.41, 5.74) is 1.53.